The molecular formula is C26H29ClN2O4S. The van der Waals surface area contributed by atoms with Crippen LogP contribution in [0.15, 0.2) is 77.7 Å². The zero-order chi connectivity index (χ0) is 24.7. The number of aryl methyl sites for hydroxylation is 1. The number of rotatable bonds is 10. The van der Waals surface area contributed by atoms with E-state index in [2.05, 4.69) is 19.2 Å². The first kappa shape index (κ1) is 25.6. The fourth-order valence-electron chi connectivity index (χ4n) is 3.50. The second-order valence-electron chi connectivity index (χ2n) is 8.14. The van der Waals surface area contributed by atoms with Crippen LogP contribution in [0.4, 0.5) is 5.69 Å². The second kappa shape index (κ2) is 11.4. The molecule has 0 saturated heterocycles. The van der Waals surface area contributed by atoms with E-state index in [1.165, 1.54) is 24.3 Å². The largest absolute Gasteiger partial charge is 0.491 e. The van der Waals surface area contributed by atoms with Crippen molar-refractivity contribution in [3.05, 3.63) is 88.9 Å². The van der Waals surface area contributed by atoms with Crippen molar-refractivity contribution in [3.8, 4) is 5.75 Å². The van der Waals surface area contributed by atoms with Gasteiger partial charge in [0.1, 0.15) is 18.9 Å². The Morgan fingerprint density at radius 1 is 1.00 bits per heavy atom. The Hall–Kier alpha value is -3.03. The molecule has 3 aromatic carbocycles. The molecule has 8 heteroatoms. The van der Waals surface area contributed by atoms with Crippen molar-refractivity contribution in [2.75, 3.05) is 24.0 Å². The molecule has 0 atom stereocenters. The van der Waals surface area contributed by atoms with Gasteiger partial charge in [-0.2, -0.15) is 0 Å². The van der Waals surface area contributed by atoms with Gasteiger partial charge in [0.2, 0.25) is 5.91 Å². The van der Waals surface area contributed by atoms with Crippen LogP contribution in [0.5, 0.6) is 5.75 Å². The van der Waals surface area contributed by atoms with E-state index in [9.17, 15) is 13.2 Å². The topological polar surface area (TPSA) is 75.7 Å². The predicted molar refractivity (Wildman–Crippen MR) is 136 cm³/mol. The van der Waals surface area contributed by atoms with Crippen molar-refractivity contribution in [2.45, 2.75) is 31.6 Å². The number of sulfonamides is 1. The summed E-state index contributed by atoms with van der Waals surface area (Å²) in [6.07, 6.45) is 0. The highest BCUT2D eigenvalue weighted by Gasteiger charge is 2.28. The van der Waals surface area contributed by atoms with E-state index in [4.69, 9.17) is 16.3 Å². The van der Waals surface area contributed by atoms with Gasteiger partial charge < -0.3 is 10.1 Å². The molecule has 6 nitrogen and oxygen atoms in total. The summed E-state index contributed by atoms with van der Waals surface area (Å²) in [5, 5.41) is 3.19. The van der Waals surface area contributed by atoms with Gasteiger partial charge in [-0.3, -0.25) is 9.10 Å². The minimum absolute atomic E-state index is 0.0570. The lowest BCUT2D eigenvalue weighted by Gasteiger charge is -2.25. The van der Waals surface area contributed by atoms with Crippen molar-refractivity contribution in [3.63, 3.8) is 0 Å². The molecule has 1 amide bonds. The molecular weight excluding hydrogens is 472 g/mol. The number of ether oxygens (including phenoxy) is 1. The molecule has 3 rings (SSSR count). The Balaban J connectivity index is 1.71. The van der Waals surface area contributed by atoms with Crippen LogP contribution >= 0.6 is 11.6 Å². The van der Waals surface area contributed by atoms with Crippen molar-refractivity contribution in [1.82, 2.24) is 5.32 Å². The standard InChI is InChI=1S/C26H29ClN2O4S/c1-19(2)23-9-5-7-11-25(23)33-17-16-28-26(30)18-29(24-10-6-4-8-20(24)3)34(31,32)22-14-12-21(27)13-15-22/h4-15,19H,16-18H2,1-3H3,(H,28,30). The Labute approximate surface area is 206 Å². The van der Waals surface area contributed by atoms with Gasteiger partial charge in [0.05, 0.1) is 17.1 Å². The van der Waals surface area contributed by atoms with Gasteiger partial charge in [-0.1, -0.05) is 61.8 Å². The molecule has 0 bridgehead atoms. The maximum Gasteiger partial charge on any atom is 0.264 e. The number of hydrogen-bond acceptors (Lipinski definition) is 4. The number of para-hydroxylation sites is 2. The molecule has 34 heavy (non-hydrogen) atoms. The first-order valence-electron chi connectivity index (χ1n) is 11.0. The highest BCUT2D eigenvalue weighted by Crippen LogP contribution is 2.28. The lowest BCUT2D eigenvalue weighted by atomic mass is 10.0. The van der Waals surface area contributed by atoms with Gasteiger partial charge in [0.15, 0.2) is 0 Å². The lowest BCUT2D eigenvalue weighted by Crippen LogP contribution is -2.42. The van der Waals surface area contributed by atoms with Gasteiger partial charge in [0, 0.05) is 5.02 Å². The fourth-order valence-corrected chi connectivity index (χ4v) is 5.11. The maximum absolute atomic E-state index is 13.4. The number of nitrogens with one attached hydrogen (secondary N) is 1. The number of nitrogens with zero attached hydrogens (tertiary/aromatic N) is 1. The summed E-state index contributed by atoms with van der Waals surface area (Å²) in [6.45, 7) is 6.13. The molecule has 0 unspecified atom stereocenters. The van der Waals surface area contributed by atoms with E-state index in [1.54, 1.807) is 25.1 Å². The molecule has 0 aliphatic carbocycles. The van der Waals surface area contributed by atoms with E-state index < -0.39 is 15.9 Å². The van der Waals surface area contributed by atoms with Crippen LogP contribution in [0, 0.1) is 6.92 Å². The van der Waals surface area contributed by atoms with Crippen LogP contribution in [0.25, 0.3) is 0 Å². The molecule has 0 aromatic heterocycles. The predicted octanol–water partition coefficient (Wildman–Crippen LogP) is 5.16. The summed E-state index contributed by atoms with van der Waals surface area (Å²) in [7, 11) is -3.99. The van der Waals surface area contributed by atoms with Gasteiger partial charge in [-0.25, -0.2) is 8.42 Å². The summed E-state index contributed by atoms with van der Waals surface area (Å²) in [5.41, 5.74) is 2.27. The first-order chi connectivity index (χ1) is 16.2. The quantitative estimate of drug-likeness (QED) is 0.390. The SMILES string of the molecule is Cc1ccccc1N(CC(=O)NCCOc1ccccc1C(C)C)S(=O)(=O)c1ccc(Cl)cc1. The van der Waals surface area contributed by atoms with E-state index in [0.29, 0.717) is 16.6 Å². The van der Waals surface area contributed by atoms with Crippen LogP contribution in [0.3, 0.4) is 0 Å². The zero-order valence-corrected chi connectivity index (χ0v) is 21.1. The zero-order valence-electron chi connectivity index (χ0n) is 19.5. The normalized spacial score (nSPS) is 11.3. The average molecular weight is 501 g/mol. The average Bonchev–Trinajstić information content (AvgIpc) is 2.81. The summed E-state index contributed by atoms with van der Waals surface area (Å²) in [5.74, 6) is 0.659. The van der Waals surface area contributed by atoms with Crippen molar-refractivity contribution in [2.24, 2.45) is 0 Å². The Morgan fingerprint density at radius 3 is 2.32 bits per heavy atom. The van der Waals surface area contributed by atoms with E-state index in [1.807, 2.05) is 30.3 Å². The molecule has 0 aliphatic heterocycles. The lowest BCUT2D eigenvalue weighted by molar-refractivity contribution is -0.119. The summed E-state index contributed by atoms with van der Waals surface area (Å²) in [4.78, 5) is 12.8. The minimum atomic E-state index is -3.99. The summed E-state index contributed by atoms with van der Waals surface area (Å²) >= 11 is 5.93. The maximum atomic E-state index is 13.4. The van der Waals surface area contributed by atoms with Crippen molar-refractivity contribution >= 4 is 33.2 Å². The van der Waals surface area contributed by atoms with Crippen LogP contribution < -0.4 is 14.4 Å². The van der Waals surface area contributed by atoms with Crippen LogP contribution in [-0.2, 0) is 14.8 Å². The van der Waals surface area contributed by atoms with Crippen molar-refractivity contribution in [1.29, 1.82) is 0 Å². The number of carbonyl (C=O) groups is 1. The highest BCUT2D eigenvalue weighted by molar-refractivity contribution is 7.92. The number of benzene rings is 3. The summed E-state index contributed by atoms with van der Waals surface area (Å²) < 4.78 is 33.8. The Morgan fingerprint density at radius 2 is 1.65 bits per heavy atom. The van der Waals surface area contributed by atoms with Gasteiger partial charge in [0.25, 0.3) is 10.0 Å². The minimum Gasteiger partial charge on any atom is -0.491 e. The van der Waals surface area contributed by atoms with E-state index >= 15 is 0 Å². The van der Waals surface area contributed by atoms with Crippen LogP contribution in [0.1, 0.15) is 30.9 Å². The molecule has 1 N–H and O–H groups in total. The molecule has 0 radical (unpaired) electrons. The molecule has 3 aromatic rings. The van der Waals surface area contributed by atoms with Gasteiger partial charge in [-0.15, -0.1) is 0 Å². The molecule has 180 valence electrons. The molecule has 0 aliphatic rings. The van der Waals surface area contributed by atoms with Crippen molar-refractivity contribution < 1.29 is 17.9 Å². The van der Waals surface area contributed by atoms with Gasteiger partial charge >= 0.3 is 0 Å². The molecule has 0 spiro atoms. The third kappa shape index (κ3) is 6.30. The van der Waals surface area contributed by atoms with Crippen LogP contribution in [-0.4, -0.2) is 34.0 Å². The van der Waals surface area contributed by atoms with Gasteiger partial charge in [-0.05, 0) is 60.4 Å². The summed E-state index contributed by atoms with van der Waals surface area (Å²) in [6, 6.07) is 20.7. The monoisotopic (exact) mass is 500 g/mol. The fraction of sp³-hybridized carbons (Fsp3) is 0.269. The Kier molecular flexibility index (Phi) is 8.58. The molecule has 0 saturated carbocycles. The number of anilines is 1. The van der Waals surface area contributed by atoms with E-state index in [0.717, 1.165) is 21.2 Å². The third-order valence-corrected chi connectivity index (χ3v) is 7.32. The highest BCUT2D eigenvalue weighted by atomic mass is 35.5. The molecule has 0 heterocycles. The Bertz CT molecular complexity index is 1230. The number of halogens is 1. The second-order valence-corrected chi connectivity index (χ2v) is 10.4. The van der Waals surface area contributed by atoms with E-state index in [-0.39, 0.29) is 24.6 Å². The number of amides is 1. The third-order valence-electron chi connectivity index (χ3n) is 5.30. The smallest absolute Gasteiger partial charge is 0.264 e. The first-order valence-corrected chi connectivity index (χ1v) is 12.8. The number of hydrogen-bond donors (Lipinski definition) is 1. The molecule has 0 fully saturated rings. The van der Waals surface area contributed by atoms with Crippen LogP contribution in [0.2, 0.25) is 5.02 Å². The number of carbonyl (C=O) groups excluding carboxylic acids is 1.